The number of benzene rings is 2. The molecule has 0 saturated heterocycles. The van der Waals surface area contributed by atoms with E-state index in [0.717, 1.165) is 18.6 Å². The van der Waals surface area contributed by atoms with Crippen LogP contribution in [0.3, 0.4) is 0 Å². The van der Waals surface area contributed by atoms with Gasteiger partial charge in [-0.1, -0.05) is 30.3 Å². The quantitative estimate of drug-likeness (QED) is 0.891. The Morgan fingerprint density at radius 2 is 1.72 bits per heavy atom. The summed E-state index contributed by atoms with van der Waals surface area (Å²) >= 11 is 0. The third kappa shape index (κ3) is 2.00. The van der Waals surface area contributed by atoms with Crippen molar-refractivity contribution in [1.82, 2.24) is 0 Å². The SMILES string of the molecule is COc1cc(-c2ccccc2)cc(C2(N)CC2)c1. The van der Waals surface area contributed by atoms with Crippen molar-refractivity contribution < 1.29 is 4.74 Å². The van der Waals surface area contributed by atoms with Crippen molar-refractivity contribution in [1.29, 1.82) is 0 Å². The van der Waals surface area contributed by atoms with E-state index in [4.69, 9.17) is 10.5 Å². The normalized spacial score (nSPS) is 16.3. The fraction of sp³-hybridized carbons (Fsp3) is 0.250. The van der Waals surface area contributed by atoms with Crippen molar-refractivity contribution in [3.63, 3.8) is 0 Å². The summed E-state index contributed by atoms with van der Waals surface area (Å²) in [7, 11) is 1.70. The molecule has 1 saturated carbocycles. The number of nitrogens with two attached hydrogens (primary N) is 1. The van der Waals surface area contributed by atoms with Crippen molar-refractivity contribution in [2.75, 3.05) is 7.11 Å². The van der Waals surface area contributed by atoms with Crippen molar-refractivity contribution in [2.45, 2.75) is 18.4 Å². The van der Waals surface area contributed by atoms with Gasteiger partial charge in [0.1, 0.15) is 5.75 Å². The number of methoxy groups -OCH3 is 1. The predicted octanol–water partition coefficient (Wildman–Crippen LogP) is 3.31. The van der Waals surface area contributed by atoms with E-state index in [1.54, 1.807) is 7.11 Å². The van der Waals surface area contributed by atoms with Crippen LogP contribution in [-0.2, 0) is 5.54 Å². The van der Waals surface area contributed by atoms with Crippen LogP contribution < -0.4 is 10.5 Å². The van der Waals surface area contributed by atoms with Crippen LogP contribution in [0.25, 0.3) is 11.1 Å². The Hall–Kier alpha value is -1.80. The molecule has 2 heteroatoms. The van der Waals surface area contributed by atoms with E-state index in [-0.39, 0.29) is 5.54 Å². The largest absolute Gasteiger partial charge is 0.497 e. The molecule has 0 aromatic heterocycles. The van der Waals surface area contributed by atoms with Gasteiger partial charge in [0.15, 0.2) is 0 Å². The second kappa shape index (κ2) is 4.14. The Balaban J connectivity index is 2.09. The highest BCUT2D eigenvalue weighted by atomic mass is 16.5. The first kappa shape index (κ1) is 11.3. The van der Waals surface area contributed by atoms with E-state index >= 15 is 0 Å². The van der Waals surface area contributed by atoms with Crippen LogP contribution in [0.4, 0.5) is 0 Å². The Labute approximate surface area is 107 Å². The van der Waals surface area contributed by atoms with Gasteiger partial charge in [0.25, 0.3) is 0 Å². The Kier molecular flexibility index (Phi) is 2.60. The first-order valence-electron chi connectivity index (χ1n) is 6.25. The van der Waals surface area contributed by atoms with Gasteiger partial charge in [-0.25, -0.2) is 0 Å². The highest BCUT2D eigenvalue weighted by molar-refractivity contribution is 5.67. The zero-order valence-electron chi connectivity index (χ0n) is 10.5. The van der Waals surface area contributed by atoms with Gasteiger partial charge in [-0.3, -0.25) is 0 Å². The lowest BCUT2D eigenvalue weighted by Gasteiger charge is -2.13. The van der Waals surface area contributed by atoms with E-state index in [1.165, 1.54) is 16.7 Å². The van der Waals surface area contributed by atoms with Crippen molar-refractivity contribution in [2.24, 2.45) is 5.73 Å². The third-order valence-corrected chi connectivity index (χ3v) is 3.61. The minimum atomic E-state index is -0.127. The van der Waals surface area contributed by atoms with E-state index in [2.05, 4.69) is 30.3 Å². The summed E-state index contributed by atoms with van der Waals surface area (Å²) in [4.78, 5) is 0. The molecule has 18 heavy (non-hydrogen) atoms. The maximum absolute atomic E-state index is 6.28. The van der Waals surface area contributed by atoms with Crippen LogP contribution in [0, 0.1) is 0 Å². The van der Waals surface area contributed by atoms with Crippen molar-refractivity contribution >= 4 is 0 Å². The lowest BCUT2D eigenvalue weighted by Crippen LogP contribution is -2.18. The van der Waals surface area contributed by atoms with E-state index in [1.807, 2.05) is 18.2 Å². The summed E-state index contributed by atoms with van der Waals surface area (Å²) in [5.74, 6) is 0.878. The third-order valence-electron chi connectivity index (χ3n) is 3.61. The fourth-order valence-corrected chi connectivity index (χ4v) is 2.22. The molecule has 92 valence electrons. The second-order valence-corrected chi connectivity index (χ2v) is 4.97. The van der Waals surface area contributed by atoms with Gasteiger partial charge >= 0.3 is 0 Å². The zero-order valence-corrected chi connectivity index (χ0v) is 10.5. The molecule has 2 aromatic carbocycles. The van der Waals surface area contributed by atoms with E-state index in [9.17, 15) is 0 Å². The molecule has 0 radical (unpaired) electrons. The van der Waals surface area contributed by atoms with Gasteiger partial charge in [-0.15, -0.1) is 0 Å². The van der Waals surface area contributed by atoms with Crippen LogP contribution in [0.5, 0.6) is 5.75 Å². The van der Waals surface area contributed by atoms with Gasteiger partial charge in [-0.05, 0) is 47.7 Å². The number of ether oxygens (including phenoxy) is 1. The Bertz CT molecular complexity index is 559. The molecule has 2 N–H and O–H groups in total. The minimum absolute atomic E-state index is 0.127. The summed E-state index contributed by atoms with van der Waals surface area (Å²) in [6, 6.07) is 16.6. The topological polar surface area (TPSA) is 35.2 Å². The summed E-state index contributed by atoms with van der Waals surface area (Å²) in [6.07, 6.45) is 2.13. The van der Waals surface area contributed by atoms with Crippen LogP contribution >= 0.6 is 0 Å². The molecular weight excluding hydrogens is 222 g/mol. The van der Waals surface area contributed by atoms with Crippen LogP contribution in [0.2, 0.25) is 0 Å². The average molecular weight is 239 g/mol. The minimum Gasteiger partial charge on any atom is -0.497 e. The van der Waals surface area contributed by atoms with Gasteiger partial charge < -0.3 is 10.5 Å². The molecule has 3 rings (SSSR count). The molecule has 0 amide bonds. The van der Waals surface area contributed by atoms with Gasteiger partial charge in [-0.2, -0.15) is 0 Å². The van der Waals surface area contributed by atoms with Gasteiger partial charge in [0.05, 0.1) is 7.11 Å². The maximum Gasteiger partial charge on any atom is 0.119 e. The van der Waals surface area contributed by atoms with Crippen LogP contribution in [-0.4, -0.2) is 7.11 Å². The van der Waals surface area contributed by atoms with Crippen molar-refractivity contribution in [3.8, 4) is 16.9 Å². The lowest BCUT2D eigenvalue weighted by atomic mass is 9.98. The lowest BCUT2D eigenvalue weighted by molar-refractivity contribution is 0.414. The first-order chi connectivity index (χ1) is 8.71. The molecule has 0 unspecified atom stereocenters. The monoisotopic (exact) mass is 239 g/mol. The van der Waals surface area contributed by atoms with Crippen LogP contribution in [0.15, 0.2) is 48.5 Å². The molecule has 2 nitrogen and oxygen atoms in total. The smallest absolute Gasteiger partial charge is 0.119 e. The standard InChI is InChI=1S/C16H17NO/c1-18-15-10-13(12-5-3-2-4-6-12)9-14(11-15)16(17)7-8-16/h2-6,9-11H,7-8,17H2,1H3. The summed E-state index contributed by atoms with van der Waals surface area (Å²) < 4.78 is 5.38. The molecule has 0 heterocycles. The predicted molar refractivity (Wildman–Crippen MR) is 73.5 cm³/mol. The molecule has 0 spiro atoms. The molecule has 0 atom stereocenters. The first-order valence-corrected chi connectivity index (χ1v) is 6.25. The maximum atomic E-state index is 6.28. The highest BCUT2D eigenvalue weighted by Crippen LogP contribution is 2.44. The highest BCUT2D eigenvalue weighted by Gasteiger charge is 2.40. The molecule has 2 aromatic rings. The Morgan fingerprint density at radius 1 is 1.00 bits per heavy atom. The number of rotatable bonds is 3. The summed E-state index contributed by atoms with van der Waals surface area (Å²) in [5.41, 5.74) is 9.70. The molecule has 1 fully saturated rings. The average Bonchev–Trinajstić information content (AvgIpc) is 3.18. The molecule has 0 aliphatic heterocycles. The number of hydrogen-bond acceptors (Lipinski definition) is 2. The van der Waals surface area contributed by atoms with Crippen molar-refractivity contribution in [3.05, 3.63) is 54.1 Å². The molecule has 0 bridgehead atoms. The Morgan fingerprint density at radius 3 is 2.33 bits per heavy atom. The van der Waals surface area contributed by atoms with E-state index < -0.39 is 0 Å². The van der Waals surface area contributed by atoms with Gasteiger partial charge in [0.2, 0.25) is 0 Å². The summed E-state index contributed by atoms with van der Waals surface area (Å²) in [5, 5.41) is 0. The van der Waals surface area contributed by atoms with Crippen LogP contribution in [0.1, 0.15) is 18.4 Å². The summed E-state index contributed by atoms with van der Waals surface area (Å²) in [6.45, 7) is 0. The molecule has 1 aliphatic carbocycles. The van der Waals surface area contributed by atoms with E-state index in [0.29, 0.717) is 0 Å². The zero-order chi connectivity index (χ0) is 12.6. The fourth-order valence-electron chi connectivity index (χ4n) is 2.22. The number of hydrogen-bond donors (Lipinski definition) is 1. The molecular formula is C16H17NO. The van der Waals surface area contributed by atoms with Gasteiger partial charge in [0, 0.05) is 5.54 Å². The molecule has 1 aliphatic rings. The second-order valence-electron chi connectivity index (χ2n) is 4.97.